The molecule has 0 spiro atoms. The van der Waals surface area contributed by atoms with Gasteiger partial charge in [-0.1, -0.05) is 30.3 Å². The predicted octanol–water partition coefficient (Wildman–Crippen LogP) is 3.51. The fraction of sp³-hybridized carbons (Fsp3) is 0.231. The average molecular weight is 458 g/mol. The summed E-state index contributed by atoms with van der Waals surface area (Å²) < 4.78 is 13.5. The van der Waals surface area contributed by atoms with Crippen molar-refractivity contribution in [1.82, 2.24) is 10.3 Å². The van der Waals surface area contributed by atoms with Crippen molar-refractivity contribution in [2.45, 2.75) is 12.8 Å². The second kappa shape index (κ2) is 10.6. The first-order chi connectivity index (χ1) is 16.6. The standard InChI is InChI=1S/C26H24FN5O2/c27-21-6-3-4-18(14-21)10-12-29-25-24(32(17-33)16-20-11-13-30-26(20)34)9-8-23(31-25)22-7-2-1-5-19(22)15-28/h1-9,14,17,20H,10-13,16H2,(H,29,31)(H,30,34). The molecule has 7 nitrogen and oxygen atoms in total. The van der Waals surface area contributed by atoms with Gasteiger partial charge in [0.05, 0.1) is 28.9 Å². The molecule has 0 aliphatic carbocycles. The normalized spacial score (nSPS) is 14.8. The SMILES string of the molecule is N#Cc1ccccc1-c1ccc(N(C=O)CC2CCNC2=O)c(NCCc2cccc(F)c2)n1. The number of carbonyl (C=O) groups is 2. The summed E-state index contributed by atoms with van der Waals surface area (Å²) in [5.74, 6) is -0.204. The largest absolute Gasteiger partial charge is 0.368 e. The minimum absolute atomic E-state index is 0.0695. The number of benzene rings is 2. The summed E-state index contributed by atoms with van der Waals surface area (Å²) in [6.07, 6.45) is 1.90. The van der Waals surface area contributed by atoms with Gasteiger partial charge in [-0.25, -0.2) is 9.37 Å². The number of carbonyl (C=O) groups excluding carboxylic acids is 2. The van der Waals surface area contributed by atoms with Gasteiger partial charge in [0, 0.05) is 25.2 Å². The van der Waals surface area contributed by atoms with Crippen LogP contribution in [-0.2, 0) is 16.0 Å². The fourth-order valence-electron chi connectivity index (χ4n) is 4.04. The topological polar surface area (TPSA) is 98.1 Å². The molecule has 3 aromatic rings. The Kier molecular flexibility index (Phi) is 7.13. The molecule has 1 fully saturated rings. The lowest BCUT2D eigenvalue weighted by molar-refractivity contribution is -0.122. The molecule has 1 unspecified atom stereocenters. The van der Waals surface area contributed by atoms with Crippen LogP contribution in [0.5, 0.6) is 0 Å². The summed E-state index contributed by atoms with van der Waals surface area (Å²) in [7, 11) is 0. The second-order valence-corrected chi connectivity index (χ2v) is 8.06. The van der Waals surface area contributed by atoms with Gasteiger partial charge in [0.25, 0.3) is 0 Å². The van der Waals surface area contributed by atoms with Gasteiger partial charge in [-0.3, -0.25) is 9.59 Å². The van der Waals surface area contributed by atoms with E-state index in [1.807, 2.05) is 18.2 Å². The van der Waals surface area contributed by atoms with Crippen molar-refractivity contribution < 1.29 is 14.0 Å². The van der Waals surface area contributed by atoms with Crippen molar-refractivity contribution >= 4 is 23.8 Å². The Labute approximate surface area is 197 Å². The molecule has 34 heavy (non-hydrogen) atoms. The van der Waals surface area contributed by atoms with E-state index in [1.54, 1.807) is 30.3 Å². The predicted molar refractivity (Wildman–Crippen MR) is 128 cm³/mol. The van der Waals surface area contributed by atoms with Crippen LogP contribution in [0.4, 0.5) is 15.9 Å². The lowest BCUT2D eigenvalue weighted by atomic mass is 10.0. The van der Waals surface area contributed by atoms with Gasteiger partial charge in [-0.15, -0.1) is 0 Å². The van der Waals surface area contributed by atoms with Crippen LogP contribution in [0.3, 0.4) is 0 Å². The Morgan fingerprint density at radius 3 is 2.79 bits per heavy atom. The molecule has 172 valence electrons. The third-order valence-electron chi connectivity index (χ3n) is 5.81. The average Bonchev–Trinajstić information content (AvgIpc) is 3.27. The van der Waals surface area contributed by atoms with Crippen molar-refractivity contribution in [3.8, 4) is 17.3 Å². The highest BCUT2D eigenvalue weighted by molar-refractivity contribution is 5.87. The zero-order valence-electron chi connectivity index (χ0n) is 18.5. The van der Waals surface area contributed by atoms with Gasteiger partial charge in [0.1, 0.15) is 5.82 Å². The van der Waals surface area contributed by atoms with Gasteiger partial charge in [0.2, 0.25) is 12.3 Å². The van der Waals surface area contributed by atoms with Crippen molar-refractivity contribution in [1.29, 1.82) is 5.26 Å². The number of anilines is 2. The third-order valence-corrected chi connectivity index (χ3v) is 5.81. The Bertz CT molecular complexity index is 1240. The zero-order valence-corrected chi connectivity index (χ0v) is 18.5. The molecule has 2 heterocycles. The highest BCUT2D eigenvalue weighted by atomic mass is 19.1. The molecule has 1 aliphatic heterocycles. The van der Waals surface area contributed by atoms with Crippen LogP contribution in [-0.4, -0.2) is 36.9 Å². The van der Waals surface area contributed by atoms with E-state index in [0.717, 1.165) is 5.56 Å². The quantitative estimate of drug-likeness (QED) is 0.479. The molecule has 0 radical (unpaired) electrons. The van der Waals surface area contributed by atoms with E-state index in [2.05, 4.69) is 16.7 Å². The highest BCUT2D eigenvalue weighted by Crippen LogP contribution is 2.30. The molecule has 0 saturated carbocycles. The smallest absolute Gasteiger partial charge is 0.224 e. The van der Waals surface area contributed by atoms with Crippen molar-refractivity contribution in [3.63, 3.8) is 0 Å². The third kappa shape index (κ3) is 5.21. The van der Waals surface area contributed by atoms with Gasteiger partial charge >= 0.3 is 0 Å². The Balaban J connectivity index is 1.64. The van der Waals surface area contributed by atoms with E-state index in [9.17, 15) is 19.2 Å². The number of nitrogens with one attached hydrogen (secondary N) is 2. The maximum Gasteiger partial charge on any atom is 0.224 e. The maximum atomic E-state index is 13.5. The Hall–Kier alpha value is -4.25. The Morgan fingerprint density at radius 1 is 1.21 bits per heavy atom. The summed E-state index contributed by atoms with van der Waals surface area (Å²) in [5, 5.41) is 15.5. The highest BCUT2D eigenvalue weighted by Gasteiger charge is 2.27. The number of amides is 2. The molecule has 8 heteroatoms. The monoisotopic (exact) mass is 457 g/mol. The van der Waals surface area contributed by atoms with E-state index in [4.69, 9.17) is 4.98 Å². The molecule has 2 aromatic carbocycles. The second-order valence-electron chi connectivity index (χ2n) is 8.06. The number of pyridine rings is 1. The first kappa shape index (κ1) is 22.9. The molecule has 2 amide bonds. The summed E-state index contributed by atoms with van der Waals surface area (Å²) in [6, 6.07) is 19.2. The molecule has 2 N–H and O–H groups in total. The van der Waals surface area contributed by atoms with Crippen LogP contribution < -0.4 is 15.5 Å². The molecule has 0 bridgehead atoms. The van der Waals surface area contributed by atoms with Crippen LogP contribution in [0.15, 0.2) is 60.7 Å². The molecule has 1 atom stereocenters. The summed E-state index contributed by atoms with van der Waals surface area (Å²) in [6.45, 7) is 1.28. The zero-order chi connectivity index (χ0) is 23.9. The van der Waals surface area contributed by atoms with Crippen LogP contribution in [0, 0.1) is 23.1 Å². The fourth-order valence-corrected chi connectivity index (χ4v) is 4.04. The van der Waals surface area contributed by atoms with Crippen LogP contribution >= 0.6 is 0 Å². The molecule has 1 saturated heterocycles. The van der Waals surface area contributed by atoms with E-state index < -0.39 is 0 Å². The Morgan fingerprint density at radius 2 is 2.06 bits per heavy atom. The van der Waals surface area contributed by atoms with E-state index in [-0.39, 0.29) is 24.2 Å². The number of nitriles is 1. The molecule has 1 aliphatic rings. The molecular weight excluding hydrogens is 433 g/mol. The number of hydrogen-bond donors (Lipinski definition) is 2. The van der Waals surface area contributed by atoms with Gasteiger partial charge < -0.3 is 15.5 Å². The van der Waals surface area contributed by atoms with Crippen LogP contribution in [0.2, 0.25) is 0 Å². The number of halogens is 1. The first-order valence-corrected chi connectivity index (χ1v) is 11.1. The van der Waals surface area contributed by atoms with Crippen LogP contribution in [0.25, 0.3) is 11.3 Å². The van der Waals surface area contributed by atoms with E-state index in [1.165, 1.54) is 17.0 Å². The lowest BCUT2D eigenvalue weighted by Crippen LogP contribution is -2.33. The van der Waals surface area contributed by atoms with E-state index >= 15 is 0 Å². The minimum atomic E-state index is -0.298. The molecule has 4 rings (SSSR count). The minimum Gasteiger partial charge on any atom is -0.368 e. The number of hydrogen-bond acceptors (Lipinski definition) is 5. The van der Waals surface area contributed by atoms with Crippen molar-refractivity contribution in [2.24, 2.45) is 5.92 Å². The number of nitrogens with zero attached hydrogens (tertiary/aromatic N) is 3. The summed E-state index contributed by atoms with van der Waals surface area (Å²) in [5.41, 5.74) is 3.11. The summed E-state index contributed by atoms with van der Waals surface area (Å²) >= 11 is 0. The maximum absolute atomic E-state index is 13.5. The molecular formula is C26H24FN5O2. The number of aromatic nitrogens is 1. The summed E-state index contributed by atoms with van der Waals surface area (Å²) in [4.78, 5) is 30.3. The van der Waals surface area contributed by atoms with Crippen molar-refractivity contribution in [2.75, 3.05) is 29.9 Å². The van der Waals surface area contributed by atoms with Gasteiger partial charge in [0.15, 0.2) is 5.82 Å². The van der Waals surface area contributed by atoms with Crippen molar-refractivity contribution in [3.05, 3.63) is 77.6 Å². The first-order valence-electron chi connectivity index (χ1n) is 11.1. The van der Waals surface area contributed by atoms with Gasteiger partial charge in [-0.05, 0) is 48.7 Å². The number of rotatable bonds is 9. The molecule has 1 aromatic heterocycles. The van der Waals surface area contributed by atoms with Gasteiger partial charge in [-0.2, -0.15) is 5.26 Å². The lowest BCUT2D eigenvalue weighted by Gasteiger charge is -2.23. The van der Waals surface area contributed by atoms with E-state index in [0.29, 0.717) is 60.7 Å². The van der Waals surface area contributed by atoms with Crippen LogP contribution in [0.1, 0.15) is 17.5 Å².